The number of benzene rings is 3. The Kier molecular flexibility index (Phi) is 16.8. The molecule has 0 bridgehead atoms. The predicted octanol–water partition coefficient (Wildman–Crippen LogP) is 6.47. The summed E-state index contributed by atoms with van der Waals surface area (Å²) >= 11 is 0. The highest BCUT2D eigenvalue weighted by Gasteiger charge is 2.41. The van der Waals surface area contributed by atoms with Crippen molar-refractivity contribution >= 4 is 41.2 Å². The Morgan fingerprint density at radius 1 is 0.759 bits per heavy atom. The molecule has 2 atom stereocenters. The molecule has 6 amide bonds. The van der Waals surface area contributed by atoms with Crippen LogP contribution in [0.5, 0.6) is 0 Å². The number of amides is 6. The Hall–Kier alpha value is -5.39. The summed E-state index contributed by atoms with van der Waals surface area (Å²) in [5.74, 6) is -1.62. The van der Waals surface area contributed by atoms with E-state index in [1.54, 1.807) is 9.80 Å². The van der Waals surface area contributed by atoms with Gasteiger partial charge in [0.25, 0.3) is 0 Å². The SMILES string of the molecule is CCCCCN(CCCCC)C(=O)[C@@H]1CCN(C(=O)N(c2ccccc2)c2ccccc2)[C@@H](C(=O)NCCN(CC(N)=O)C(=O)OCc2ccccc2)C1. The lowest BCUT2D eigenvalue weighted by Crippen LogP contribution is -2.58. The quantitative estimate of drug-likeness (QED) is 0.135. The molecule has 54 heavy (non-hydrogen) atoms. The van der Waals surface area contributed by atoms with E-state index in [9.17, 15) is 24.0 Å². The molecule has 0 spiro atoms. The van der Waals surface area contributed by atoms with Gasteiger partial charge in [0.2, 0.25) is 17.7 Å². The molecule has 290 valence electrons. The number of anilines is 2. The van der Waals surface area contributed by atoms with E-state index in [2.05, 4.69) is 19.2 Å². The average molecular weight is 741 g/mol. The van der Waals surface area contributed by atoms with Gasteiger partial charge in [0.15, 0.2) is 0 Å². The maximum Gasteiger partial charge on any atom is 0.410 e. The van der Waals surface area contributed by atoms with Gasteiger partial charge in [0.1, 0.15) is 19.2 Å². The van der Waals surface area contributed by atoms with Crippen LogP contribution in [0.3, 0.4) is 0 Å². The Morgan fingerprint density at radius 3 is 1.85 bits per heavy atom. The molecule has 0 aromatic heterocycles. The molecule has 3 aromatic rings. The standard InChI is InChI=1S/C42H56N6O6/c1-3-5-16-26-45(27-17-6-4-2)40(51)34-24-28-47(41(52)48(35-20-12-8-13-21-35)36-22-14-9-15-23-36)37(30-34)39(50)44-25-29-46(31-38(43)49)42(53)54-32-33-18-10-7-11-19-33/h7-15,18-23,34,37H,3-6,16-17,24-32H2,1-2H3,(H2,43,49)(H,44,50)/t34-,37-/m1/s1. The van der Waals surface area contributed by atoms with E-state index in [-0.39, 0.29) is 44.6 Å². The van der Waals surface area contributed by atoms with E-state index in [1.807, 2.05) is 95.9 Å². The lowest BCUT2D eigenvalue weighted by Gasteiger charge is -2.41. The first-order valence-corrected chi connectivity index (χ1v) is 19.2. The fourth-order valence-corrected chi connectivity index (χ4v) is 6.68. The lowest BCUT2D eigenvalue weighted by molar-refractivity contribution is -0.139. The molecule has 1 aliphatic rings. The summed E-state index contributed by atoms with van der Waals surface area (Å²) < 4.78 is 5.42. The van der Waals surface area contributed by atoms with E-state index in [0.717, 1.165) is 49.0 Å². The minimum Gasteiger partial charge on any atom is -0.445 e. The fraction of sp³-hybridized carbons (Fsp3) is 0.452. The van der Waals surface area contributed by atoms with Crippen molar-refractivity contribution in [3.8, 4) is 0 Å². The van der Waals surface area contributed by atoms with Crippen LogP contribution < -0.4 is 16.0 Å². The second-order valence-corrected chi connectivity index (χ2v) is 13.7. The molecule has 1 fully saturated rings. The van der Waals surface area contributed by atoms with Crippen molar-refractivity contribution in [1.82, 2.24) is 20.0 Å². The molecule has 1 aliphatic heterocycles. The van der Waals surface area contributed by atoms with E-state index < -0.39 is 36.4 Å². The minimum absolute atomic E-state index is 0.00307. The highest BCUT2D eigenvalue weighted by Crippen LogP contribution is 2.32. The van der Waals surface area contributed by atoms with Gasteiger partial charge in [-0.05, 0) is 55.5 Å². The van der Waals surface area contributed by atoms with Crippen LogP contribution in [0.15, 0.2) is 91.0 Å². The molecular formula is C42H56N6O6. The summed E-state index contributed by atoms with van der Waals surface area (Å²) in [6.07, 6.45) is 5.77. The van der Waals surface area contributed by atoms with Gasteiger partial charge in [-0.15, -0.1) is 0 Å². The van der Waals surface area contributed by atoms with Crippen LogP contribution in [-0.2, 0) is 25.7 Å². The summed E-state index contributed by atoms with van der Waals surface area (Å²) in [5.41, 5.74) is 7.50. The highest BCUT2D eigenvalue weighted by molar-refractivity contribution is 6.01. The van der Waals surface area contributed by atoms with Gasteiger partial charge in [-0.2, -0.15) is 0 Å². The number of nitrogens with one attached hydrogen (secondary N) is 1. The molecule has 12 nitrogen and oxygen atoms in total. The summed E-state index contributed by atoms with van der Waals surface area (Å²) in [7, 11) is 0. The highest BCUT2D eigenvalue weighted by atomic mass is 16.6. The predicted molar refractivity (Wildman–Crippen MR) is 210 cm³/mol. The zero-order chi connectivity index (χ0) is 38.7. The molecular weight excluding hydrogens is 684 g/mol. The molecule has 1 saturated heterocycles. The van der Waals surface area contributed by atoms with Crippen molar-refractivity contribution in [2.75, 3.05) is 44.2 Å². The van der Waals surface area contributed by atoms with Gasteiger partial charge in [-0.3, -0.25) is 24.2 Å². The molecule has 0 unspecified atom stereocenters. The molecule has 4 rings (SSSR count). The fourth-order valence-electron chi connectivity index (χ4n) is 6.68. The number of nitrogens with two attached hydrogens (primary N) is 1. The molecule has 12 heteroatoms. The number of piperidine rings is 1. The Balaban J connectivity index is 1.55. The molecule has 3 N–H and O–H groups in total. The molecule has 3 aromatic carbocycles. The summed E-state index contributed by atoms with van der Waals surface area (Å²) in [5, 5.41) is 2.88. The van der Waals surface area contributed by atoms with E-state index in [0.29, 0.717) is 30.9 Å². The third-order valence-electron chi connectivity index (χ3n) is 9.59. The van der Waals surface area contributed by atoms with Gasteiger partial charge >= 0.3 is 12.1 Å². The second kappa shape index (κ2) is 22.0. The molecule has 0 radical (unpaired) electrons. The first-order chi connectivity index (χ1) is 26.2. The van der Waals surface area contributed by atoms with Gasteiger partial charge in [0.05, 0.1) is 11.4 Å². The van der Waals surface area contributed by atoms with E-state index in [1.165, 1.54) is 0 Å². The number of primary amides is 1. The minimum atomic E-state index is -0.974. The molecule has 0 saturated carbocycles. The Bertz CT molecular complexity index is 1580. The van der Waals surface area contributed by atoms with Crippen LogP contribution in [0.2, 0.25) is 0 Å². The van der Waals surface area contributed by atoms with Gasteiger partial charge in [-0.25, -0.2) is 9.59 Å². The number of likely N-dealkylation sites (tertiary alicyclic amines) is 1. The summed E-state index contributed by atoms with van der Waals surface area (Å²) in [6.45, 7) is 5.30. The van der Waals surface area contributed by atoms with Crippen molar-refractivity contribution in [1.29, 1.82) is 0 Å². The van der Waals surface area contributed by atoms with Crippen molar-refractivity contribution < 1.29 is 28.7 Å². The van der Waals surface area contributed by atoms with Crippen molar-refractivity contribution in [2.24, 2.45) is 11.7 Å². The maximum absolute atomic E-state index is 14.6. The Labute approximate surface area is 319 Å². The number of urea groups is 1. The van der Waals surface area contributed by atoms with Crippen molar-refractivity contribution in [3.63, 3.8) is 0 Å². The van der Waals surface area contributed by atoms with Crippen LogP contribution in [0.25, 0.3) is 0 Å². The smallest absolute Gasteiger partial charge is 0.410 e. The van der Waals surface area contributed by atoms with Crippen LogP contribution in [0, 0.1) is 5.92 Å². The Morgan fingerprint density at radius 2 is 1.31 bits per heavy atom. The van der Waals surface area contributed by atoms with Crippen molar-refractivity contribution in [3.05, 3.63) is 96.6 Å². The van der Waals surface area contributed by atoms with E-state index in [4.69, 9.17) is 10.5 Å². The lowest BCUT2D eigenvalue weighted by atomic mass is 9.88. The summed E-state index contributed by atoms with van der Waals surface area (Å²) in [4.78, 5) is 74.0. The third kappa shape index (κ3) is 12.3. The average Bonchev–Trinajstić information content (AvgIpc) is 3.19. The number of rotatable bonds is 19. The number of ether oxygens (including phenoxy) is 1. The monoisotopic (exact) mass is 740 g/mol. The second-order valence-electron chi connectivity index (χ2n) is 13.7. The molecule has 0 aliphatic carbocycles. The zero-order valence-electron chi connectivity index (χ0n) is 31.7. The third-order valence-corrected chi connectivity index (χ3v) is 9.59. The topological polar surface area (TPSA) is 146 Å². The first kappa shape index (κ1) is 41.4. The number of unbranched alkanes of at least 4 members (excludes halogenated alkanes) is 4. The number of carbonyl (C=O) groups excluding carboxylic acids is 5. The number of hydrogen-bond donors (Lipinski definition) is 2. The van der Waals surface area contributed by atoms with Gasteiger partial charge < -0.3 is 25.6 Å². The van der Waals surface area contributed by atoms with Crippen LogP contribution in [0.4, 0.5) is 21.0 Å². The number of para-hydroxylation sites is 2. The van der Waals surface area contributed by atoms with Gasteiger partial charge in [0, 0.05) is 38.6 Å². The van der Waals surface area contributed by atoms with Crippen LogP contribution >= 0.6 is 0 Å². The summed E-state index contributed by atoms with van der Waals surface area (Å²) in [6, 6.07) is 26.3. The largest absolute Gasteiger partial charge is 0.445 e. The van der Waals surface area contributed by atoms with Crippen molar-refractivity contribution in [2.45, 2.75) is 77.9 Å². The normalized spacial score (nSPS) is 15.2. The van der Waals surface area contributed by atoms with E-state index >= 15 is 0 Å². The number of hydrogen-bond acceptors (Lipinski definition) is 6. The number of nitrogens with zero attached hydrogens (tertiary/aromatic N) is 4. The van der Waals surface area contributed by atoms with Gasteiger partial charge in [-0.1, -0.05) is 106 Å². The maximum atomic E-state index is 14.6. The van der Waals surface area contributed by atoms with Crippen LogP contribution in [0.1, 0.15) is 70.8 Å². The zero-order valence-corrected chi connectivity index (χ0v) is 31.7. The number of carbonyl (C=O) groups is 5. The first-order valence-electron chi connectivity index (χ1n) is 19.2. The van der Waals surface area contributed by atoms with Crippen LogP contribution in [-0.4, -0.2) is 89.9 Å². The molecule has 1 heterocycles.